The maximum absolute atomic E-state index is 12.7. The lowest BCUT2D eigenvalue weighted by molar-refractivity contribution is -0.122. The Morgan fingerprint density at radius 3 is 2.64 bits per heavy atom. The number of piperidine rings is 1. The van der Waals surface area contributed by atoms with Gasteiger partial charge in [0.15, 0.2) is 0 Å². The smallest absolute Gasteiger partial charge is 0.319 e. The third-order valence-electron chi connectivity index (χ3n) is 6.11. The van der Waals surface area contributed by atoms with Gasteiger partial charge in [-0.3, -0.25) is 19.4 Å². The number of halogens is 1. The van der Waals surface area contributed by atoms with Gasteiger partial charge in [0.25, 0.3) is 0 Å². The fraction of sp³-hybridized carbons (Fsp3) is 0.360. The Morgan fingerprint density at radius 1 is 1.17 bits per heavy atom. The molecule has 0 bridgehead atoms. The molecule has 0 radical (unpaired) electrons. The van der Waals surface area contributed by atoms with Crippen LogP contribution in [0.2, 0.25) is 5.02 Å². The van der Waals surface area contributed by atoms with Gasteiger partial charge in [0.2, 0.25) is 5.91 Å². The highest BCUT2D eigenvalue weighted by Crippen LogP contribution is 2.27. The van der Waals surface area contributed by atoms with Crippen LogP contribution in [0.4, 0.5) is 10.5 Å². The molecule has 36 heavy (non-hydrogen) atoms. The number of urea groups is 1. The second-order valence-corrected chi connectivity index (χ2v) is 9.20. The van der Waals surface area contributed by atoms with Crippen LogP contribution in [-0.2, 0) is 18.4 Å². The molecule has 3 amide bonds. The molecule has 1 fully saturated rings. The molecule has 1 aliphatic rings. The highest BCUT2D eigenvalue weighted by molar-refractivity contribution is 6.30. The fourth-order valence-corrected chi connectivity index (χ4v) is 4.38. The van der Waals surface area contributed by atoms with Crippen molar-refractivity contribution in [2.45, 2.75) is 24.9 Å². The molecule has 190 valence electrons. The number of benzene rings is 1. The summed E-state index contributed by atoms with van der Waals surface area (Å²) in [5.74, 6) is 0.491. The summed E-state index contributed by atoms with van der Waals surface area (Å²) in [7, 11) is 3.43. The quantitative estimate of drug-likeness (QED) is 0.428. The van der Waals surface area contributed by atoms with Gasteiger partial charge in [-0.05, 0) is 42.8 Å². The first-order valence-corrected chi connectivity index (χ1v) is 12.1. The fourth-order valence-electron chi connectivity index (χ4n) is 4.26. The average Bonchev–Trinajstić information content (AvgIpc) is 3.30. The number of hydrogen-bond donors (Lipinski definition) is 3. The number of hydrogen-bond acceptors (Lipinski definition) is 6. The number of rotatable bonds is 8. The average molecular weight is 512 g/mol. The van der Waals surface area contributed by atoms with Crippen molar-refractivity contribution < 1.29 is 14.3 Å². The second kappa shape index (κ2) is 11.9. The van der Waals surface area contributed by atoms with Crippen molar-refractivity contribution in [3.63, 3.8) is 0 Å². The summed E-state index contributed by atoms with van der Waals surface area (Å²) in [6.07, 6.45) is 5.94. The Balaban J connectivity index is 1.39. The zero-order valence-electron chi connectivity index (χ0n) is 20.3. The van der Waals surface area contributed by atoms with E-state index in [1.54, 1.807) is 48.5 Å². The zero-order valence-corrected chi connectivity index (χ0v) is 21.0. The summed E-state index contributed by atoms with van der Waals surface area (Å²) in [5, 5.41) is 13.6. The Kier molecular flexibility index (Phi) is 8.40. The van der Waals surface area contributed by atoms with Crippen LogP contribution in [0, 0.1) is 0 Å². The number of anilines is 1. The Labute approximate surface area is 215 Å². The van der Waals surface area contributed by atoms with Gasteiger partial charge in [-0.15, -0.1) is 0 Å². The molecule has 2 atom stereocenters. The van der Waals surface area contributed by atoms with Gasteiger partial charge in [-0.25, -0.2) is 4.79 Å². The van der Waals surface area contributed by atoms with Gasteiger partial charge >= 0.3 is 6.03 Å². The third kappa shape index (κ3) is 6.96. The number of likely N-dealkylation sites (tertiary alicyclic amines) is 1. The van der Waals surface area contributed by atoms with E-state index in [9.17, 15) is 9.59 Å². The van der Waals surface area contributed by atoms with E-state index in [-0.39, 0.29) is 30.4 Å². The van der Waals surface area contributed by atoms with Gasteiger partial charge in [0.1, 0.15) is 5.75 Å². The van der Waals surface area contributed by atoms with Crippen LogP contribution >= 0.6 is 11.6 Å². The number of carbonyl (C=O) groups is 2. The largest absolute Gasteiger partial charge is 0.495 e. The van der Waals surface area contributed by atoms with E-state index in [2.05, 4.69) is 30.9 Å². The first-order chi connectivity index (χ1) is 17.4. The van der Waals surface area contributed by atoms with E-state index in [0.29, 0.717) is 42.5 Å². The molecular formula is C25H30ClN7O3. The van der Waals surface area contributed by atoms with Crippen LogP contribution < -0.4 is 20.7 Å². The number of methoxy groups -OCH3 is 1. The second-order valence-electron chi connectivity index (χ2n) is 8.76. The lowest BCUT2D eigenvalue weighted by atomic mass is 9.88. The predicted octanol–water partition coefficient (Wildman–Crippen LogP) is 2.77. The Bertz CT molecular complexity index is 1170. The summed E-state index contributed by atoms with van der Waals surface area (Å²) in [6, 6.07) is 10.2. The van der Waals surface area contributed by atoms with Crippen molar-refractivity contribution in [2.75, 3.05) is 32.1 Å². The van der Waals surface area contributed by atoms with Crippen molar-refractivity contribution in [2.24, 2.45) is 7.05 Å². The van der Waals surface area contributed by atoms with Crippen molar-refractivity contribution in [3.05, 3.63) is 71.3 Å². The maximum Gasteiger partial charge on any atom is 0.319 e. The lowest BCUT2D eigenvalue weighted by Crippen LogP contribution is -2.52. The van der Waals surface area contributed by atoms with Crippen molar-refractivity contribution in [3.8, 4) is 5.75 Å². The number of nitrogens with one attached hydrogen (secondary N) is 3. The lowest BCUT2D eigenvalue weighted by Gasteiger charge is -2.38. The molecule has 1 saturated heterocycles. The molecule has 0 spiro atoms. The number of ether oxygens (including phenoxy) is 1. The first-order valence-electron chi connectivity index (χ1n) is 11.7. The number of aryl methyl sites for hydroxylation is 1. The van der Waals surface area contributed by atoms with Gasteiger partial charge in [-0.2, -0.15) is 5.10 Å². The van der Waals surface area contributed by atoms with Gasteiger partial charge < -0.3 is 20.7 Å². The molecule has 2 unspecified atom stereocenters. The monoisotopic (exact) mass is 511 g/mol. The van der Waals surface area contributed by atoms with Gasteiger partial charge in [0, 0.05) is 66.8 Å². The normalized spacial score (nSPS) is 17.9. The topological polar surface area (TPSA) is 113 Å². The van der Waals surface area contributed by atoms with E-state index in [4.69, 9.17) is 16.3 Å². The third-order valence-corrected chi connectivity index (χ3v) is 6.36. The van der Waals surface area contributed by atoms with E-state index in [0.717, 1.165) is 11.3 Å². The standard InChI is InChI=1S/C25H30ClN7O3/c1-32-14-17(12-29-32)11-28-24(34)16-33-10-9-23(21(15-33)22-8-7-20(36-2)13-27-22)31-25(35)30-19-5-3-18(26)4-6-19/h3-8,12-14,21,23H,9-11,15-16H2,1-2H3,(H,28,34)(H2,30,31,35). The van der Waals surface area contributed by atoms with Crippen LogP contribution in [0.3, 0.4) is 0 Å². The minimum absolute atomic E-state index is 0.0628. The van der Waals surface area contributed by atoms with Gasteiger partial charge in [0.05, 0.1) is 26.0 Å². The minimum atomic E-state index is -0.302. The van der Waals surface area contributed by atoms with Crippen LogP contribution in [0.5, 0.6) is 5.75 Å². The van der Waals surface area contributed by atoms with E-state index in [1.165, 1.54) is 0 Å². The van der Waals surface area contributed by atoms with Crippen molar-refractivity contribution >= 4 is 29.2 Å². The molecule has 0 aliphatic carbocycles. The minimum Gasteiger partial charge on any atom is -0.495 e. The SMILES string of the molecule is COc1ccc(C2CN(CC(=O)NCc3cnn(C)c3)CCC2NC(=O)Nc2ccc(Cl)cc2)nc1. The molecule has 1 aliphatic heterocycles. The number of nitrogens with zero attached hydrogens (tertiary/aromatic N) is 4. The van der Waals surface area contributed by atoms with Crippen molar-refractivity contribution in [1.29, 1.82) is 0 Å². The highest BCUT2D eigenvalue weighted by Gasteiger charge is 2.33. The molecule has 2 aromatic heterocycles. The maximum atomic E-state index is 12.7. The van der Waals surface area contributed by atoms with E-state index in [1.807, 2.05) is 25.4 Å². The Hall–Kier alpha value is -3.63. The molecule has 3 heterocycles. The number of amides is 3. The summed E-state index contributed by atoms with van der Waals surface area (Å²) in [5.41, 5.74) is 2.42. The summed E-state index contributed by atoms with van der Waals surface area (Å²) < 4.78 is 6.94. The summed E-state index contributed by atoms with van der Waals surface area (Å²) >= 11 is 5.93. The molecule has 3 N–H and O–H groups in total. The molecular weight excluding hydrogens is 482 g/mol. The molecule has 1 aromatic carbocycles. The number of aromatic nitrogens is 3. The van der Waals surface area contributed by atoms with Gasteiger partial charge in [-0.1, -0.05) is 11.6 Å². The first kappa shape index (κ1) is 25.5. The highest BCUT2D eigenvalue weighted by atomic mass is 35.5. The molecule has 10 nitrogen and oxygen atoms in total. The van der Waals surface area contributed by atoms with E-state index < -0.39 is 0 Å². The molecule has 4 rings (SSSR count). The van der Waals surface area contributed by atoms with Crippen LogP contribution in [0.15, 0.2) is 55.0 Å². The number of pyridine rings is 1. The molecule has 11 heteroatoms. The molecule has 3 aromatic rings. The summed E-state index contributed by atoms with van der Waals surface area (Å²) in [4.78, 5) is 32.0. The summed E-state index contributed by atoms with van der Waals surface area (Å²) in [6.45, 7) is 1.93. The predicted molar refractivity (Wildman–Crippen MR) is 137 cm³/mol. The van der Waals surface area contributed by atoms with Crippen molar-refractivity contribution in [1.82, 2.24) is 30.3 Å². The van der Waals surface area contributed by atoms with Crippen LogP contribution in [-0.4, -0.2) is 64.4 Å². The van der Waals surface area contributed by atoms with Crippen LogP contribution in [0.25, 0.3) is 0 Å². The number of carbonyl (C=O) groups excluding carboxylic acids is 2. The van der Waals surface area contributed by atoms with Crippen LogP contribution in [0.1, 0.15) is 23.6 Å². The zero-order chi connectivity index (χ0) is 25.5. The van der Waals surface area contributed by atoms with E-state index >= 15 is 0 Å². The molecule has 0 saturated carbocycles. The Morgan fingerprint density at radius 2 is 1.97 bits per heavy atom.